The van der Waals surface area contributed by atoms with Gasteiger partial charge >= 0.3 is 0 Å². The summed E-state index contributed by atoms with van der Waals surface area (Å²) in [6.07, 6.45) is 1.79. The molecule has 0 amide bonds. The van der Waals surface area contributed by atoms with Gasteiger partial charge < -0.3 is 15.8 Å². The summed E-state index contributed by atoms with van der Waals surface area (Å²) in [6.45, 7) is 7.47. The zero-order valence-corrected chi connectivity index (χ0v) is 9.70. The van der Waals surface area contributed by atoms with Crippen LogP contribution in [0.2, 0.25) is 0 Å². The molecule has 0 aliphatic heterocycles. The second-order valence-electron chi connectivity index (χ2n) is 4.30. The van der Waals surface area contributed by atoms with Crippen LogP contribution >= 0.6 is 0 Å². The standard InChI is InChI=1S/C10H23N3O/c1-8(2)7-9(3)13(4)6-5-10(11)12-14/h8-9,14H,5-7H2,1-4H3,(H2,11,12). The van der Waals surface area contributed by atoms with Crippen molar-refractivity contribution in [3.63, 3.8) is 0 Å². The summed E-state index contributed by atoms with van der Waals surface area (Å²) in [4.78, 5) is 2.23. The van der Waals surface area contributed by atoms with Gasteiger partial charge in [0.15, 0.2) is 0 Å². The van der Waals surface area contributed by atoms with Gasteiger partial charge in [0.05, 0.1) is 0 Å². The van der Waals surface area contributed by atoms with Crippen molar-refractivity contribution in [3.05, 3.63) is 0 Å². The number of rotatable bonds is 6. The molecule has 0 bridgehead atoms. The molecule has 0 aromatic carbocycles. The number of nitrogens with zero attached hydrogens (tertiary/aromatic N) is 2. The minimum absolute atomic E-state index is 0.300. The van der Waals surface area contributed by atoms with Crippen molar-refractivity contribution in [3.8, 4) is 0 Å². The Labute approximate surface area is 86.8 Å². The Bertz CT molecular complexity index is 180. The van der Waals surface area contributed by atoms with Gasteiger partial charge in [0, 0.05) is 19.0 Å². The van der Waals surface area contributed by atoms with E-state index in [4.69, 9.17) is 10.9 Å². The monoisotopic (exact) mass is 201 g/mol. The van der Waals surface area contributed by atoms with E-state index >= 15 is 0 Å². The molecule has 0 aliphatic rings. The first-order valence-corrected chi connectivity index (χ1v) is 5.14. The third kappa shape index (κ3) is 5.80. The van der Waals surface area contributed by atoms with Crippen LogP contribution in [0, 0.1) is 5.92 Å². The molecule has 0 fully saturated rings. The van der Waals surface area contributed by atoms with Crippen molar-refractivity contribution < 1.29 is 5.21 Å². The number of oxime groups is 1. The van der Waals surface area contributed by atoms with Crippen molar-refractivity contribution >= 4 is 5.84 Å². The van der Waals surface area contributed by atoms with Crippen LogP contribution in [0.4, 0.5) is 0 Å². The van der Waals surface area contributed by atoms with Crippen LogP contribution in [0.1, 0.15) is 33.6 Å². The summed E-state index contributed by atoms with van der Waals surface area (Å²) in [6, 6.07) is 0.543. The van der Waals surface area contributed by atoms with E-state index in [1.54, 1.807) is 0 Å². The predicted octanol–water partition coefficient (Wildman–Crippen LogP) is 1.49. The molecule has 0 rings (SSSR count). The smallest absolute Gasteiger partial charge is 0.140 e. The molecule has 0 saturated heterocycles. The van der Waals surface area contributed by atoms with Crippen molar-refractivity contribution in [2.24, 2.45) is 16.8 Å². The molecule has 0 aromatic heterocycles. The SMILES string of the molecule is CC(C)CC(C)N(C)CCC(N)=NO. The van der Waals surface area contributed by atoms with E-state index in [0.29, 0.717) is 24.2 Å². The molecule has 1 atom stereocenters. The lowest BCUT2D eigenvalue weighted by Gasteiger charge is -2.25. The number of hydrogen-bond acceptors (Lipinski definition) is 3. The summed E-state index contributed by atoms with van der Waals surface area (Å²) in [5.41, 5.74) is 5.40. The van der Waals surface area contributed by atoms with E-state index in [-0.39, 0.29) is 0 Å². The van der Waals surface area contributed by atoms with E-state index in [9.17, 15) is 0 Å². The Morgan fingerprint density at radius 2 is 2.00 bits per heavy atom. The van der Waals surface area contributed by atoms with Crippen LogP contribution < -0.4 is 5.73 Å². The van der Waals surface area contributed by atoms with Gasteiger partial charge in [-0.2, -0.15) is 0 Å². The van der Waals surface area contributed by atoms with Crippen LogP contribution in [0.15, 0.2) is 5.16 Å². The first-order valence-electron chi connectivity index (χ1n) is 5.14. The third-order valence-corrected chi connectivity index (χ3v) is 2.41. The van der Waals surface area contributed by atoms with Gasteiger partial charge in [0.1, 0.15) is 5.84 Å². The second kappa shape index (κ2) is 6.65. The Hall–Kier alpha value is -0.770. The highest BCUT2D eigenvalue weighted by atomic mass is 16.4. The first-order chi connectivity index (χ1) is 6.47. The molecule has 0 spiro atoms. The Morgan fingerprint density at radius 1 is 1.43 bits per heavy atom. The van der Waals surface area contributed by atoms with Gasteiger partial charge in [-0.25, -0.2) is 0 Å². The lowest BCUT2D eigenvalue weighted by atomic mass is 10.0. The molecule has 0 saturated carbocycles. The van der Waals surface area contributed by atoms with Gasteiger partial charge in [-0.05, 0) is 26.3 Å². The molecule has 1 unspecified atom stereocenters. The van der Waals surface area contributed by atoms with E-state index in [1.165, 1.54) is 6.42 Å². The molecule has 14 heavy (non-hydrogen) atoms. The highest BCUT2D eigenvalue weighted by molar-refractivity contribution is 5.79. The Balaban J connectivity index is 3.78. The summed E-state index contributed by atoms with van der Waals surface area (Å²) in [5.74, 6) is 1.00. The maximum Gasteiger partial charge on any atom is 0.140 e. The van der Waals surface area contributed by atoms with E-state index in [1.807, 2.05) is 0 Å². The normalized spacial score (nSPS) is 15.1. The highest BCUT2D eigenvalue weighted by Gasteiger charge is 2.10. The van der Waals surface area contributed by atoms with Gasteiger partial charge in [-0.3, -0.25) is 0 Å². The highest BCUT2D eigenvalue weighted by Crippen LogP contribution is 2.09. The van der Waals surface area contributed by atoms with Crippen molar-refractivity contribution in [2.75, 3.05) is 13.6 Å². The number of amidine groups is 1. The third-order valence-electron chi connectivity index (χ3n) is 2.41. The first kappa shape index (κ1) is 13.2. The molecule has 0 aromatic rings. The molecule has 0 radical (unpaired) electrons. The van der Waals surface area contributed by atoms with E-state index in [0.717, 1.165) is 6.54 Å². The maximum absolute atomic E-state index is 8.38. The quantitative estimate of drug-likeness (QED) is 0.296. The summed E-state index contributed by atoms with van der Waals surface area (Å²) in [5, 5.41) is 11.3. The average molecular weight is 201 g/mol. The number of hydrogen-bond donors (Lipinski definition) is 2. The van der Waals surface area contributed by atoms with Crippen LogP contribution in [-0.2, 0) is 0 Å². The fraction of sp³-hybridized carbons (Fsp3) is 0.900. The topological polar surface area (TPSA) is 61.8 Å². The van der Waals surface area contributed by atoms with Gasteiger partial charge in [-0.1, -0.05) is 19.0 Å². The summed E-state index contributed by atoms with van der Waals surface area (Å²) < 4.78 is 0. The van der Waals surface area contributed by atoms with Crippen molar-refractivity contribution in [1.82, 2.24) is 4.90 Å². The van der Waals surface area contributed by atoms with Gasteiger partial charge in [0.2, 0.25) is 0 Å². The zero-order valence-electron chi connectivity index (χ0n) is 9.70. The maximum atomic E-state index is 8.38. The van der Waals surface area contributed by atoms with Gasteiger partial charge in [0.25, 0.3) is 0 Å². The largest absolute Gasteiger partial charge is 0.409 e. The fourth-order valence-electron chi connectivity index (χ4n) is 1.42. The summed E-state index contributed by atoms with van der Waals surface area (Å²) >= 11 is 0. The lowest BCUT2D eigenvalue weighted by molar-refractivity contribution is 0.232. The lowest BCUT2D eigenvalue weighted by Crippen LogP contribution is -2.33. The van der Waals surface area contributed by atoms with Crippen LogP contribution in [0.3, 0.4) is 0 Å². The molecule has 0 heterocycles. The Morgan fingerprint density at radius 3 is 2.43 bits per heavy atom. The second-order valence-corrected chi connectivity index (χ2v) is 4.30. The van der Waals surface area contributed by atoms with Crippen molar-refractivity contribution in [2.45, 2.75) is 39.7 Å². The minimum atomic E-state index is 0.300. The zero-order chi connectivity index (χ0) is 11.1. The molecule has 0 aliphatic carbocycles. The fourth-order valence-corrected chi connectivity index (χ4v) is 1.42. The molecule has 4 heteroatoms. The molecule has 4 nitrogen and oxygen atoms in total. The van der Waals surface area contributed by atoms with Crippen LogP contribution in [0.25, 0.3) is 0 Å². The molecular formula is C10H23N3O. The van der Waals surface area contributed by atoms with Crippen molar-refractivity contribution in [1.29, 1.82) is 0 Å². The molecule has 3 N–H and O–H groups in total. The average Bonchev–Trinajstić information content (AvgIpc) is 2.12. The summed E-state index contributed by atoms with van der Waals surface area (Å²) in [7, 11) is 2.07. The van der Waals surface area contributed by atoms with E-state index < -0.39 is 0 Å². The predicted molar refractivity (Wildman–Crippen MR) is 59.6 cm³/mol. The molecular weight excluding hydrogens is 178 g/mol. The van der Waals surface area contributed by atoms with Crippen LogP contribution in [-0.4, -0.2) is 35.6 Å². The molecule has 84 valence electrons. The van der Waals surface area contributed by atoms with Crippen LogP contribution in [0.5, 0.6) is 0 Å². The Kier molecular flexibility index (Phi) is 6.28. The van der Waals surface area contributed by atoms with Gasteiger partial charge in [-0.15, -0.1) is 0 Å². The number of nitrogens with two attached hydrogens (primary N) is 1. The minimum Gasteiger partial charge on any atom is -0.409 e. The van der Waals surface area contributed by atoms with E-state index in [2.05, 4.69) is 37.9 Å².